The summed E-state index contributed by atoms with van der Waals surface area (Å²) >= 11 is 0. The third-order valence-corrected chi connectivity index (χ3v) is 5.49. The van der Waals surface area contributed by atoms with Crippen LogP contribution in [0.4, 0.5) is 10.1 Å². The van der Waals surface area contributed by atoms with Gasteiger partial charge in [0.1, 0.15) is 11.9 Å². The monoisotopic (exact) mass is 316 g/mol. The zero-order valence-corrected chi connectivity index (χ0v) is 12.4. The molecule has 8 heteroatoms. The van der Waals surface area contributed by atoms with E-state index in [1.807, 2.05) is 0 Å². The second-order valence-corrected chi connectivity index (χ2v) is 6.80. The number of rotatable bonds is 4. The Labute approximate surface area is 123 Å². The summed E-state index contributed by atoms with van der Waals surface area (Å²) in [4.78, 5) is 11.2. The van der Waals surface area contributed by atoms with Crippen molar-refractivity contribution in [3.63, 3.8) is 0 Å². The van der Waals surface area contributed by atoms with Crippen molar-refractivity contribution in [2.75, 3.05) is 17.9 Å². The lowest BCUT2D eigenvalue weighted by Gasteiger charge is -2.35. The van der Waals surface area contributed by atoms with Crippen LogP contribution in [0.5, 0.6) is 0 Å². The van der Waals surface area contributed by atoms with Gasteiger partial charge in [0, 0.05) is 13.6 Å². The Balaban J connectivity index is 2.36. The average molecular weight is 316 g/mol. The number of aliphatic carboxylic acids is 1. The fraction of sp³-hybridized carbons (Fsp3) is 0.462. The Hall–Kier alpha value is -1.67. The molecule has 21 heavy (non-hydrogen) atoms. The average Bonchev–Trinajstić information content (AvgIpc) is 2.47. The van der Waals surface area contributed by atoms with Gasteiger partial charge in [-0.1, -0.05) is 12.1 Å². The molecule has 0 amide bonds. The van der Waals surface area contributed by atoms with Crippen molar-refractivity contribution >= 4 is 21.9 Å². The van der Waals surface area contributed by atoms with Crippen molar-refractivity contribution in [1.82, 2.24) is 4.31 Å². The van der Waals surface area contributed by atoms with E-state index in [9.17, 15) is 22.7 Å². The van der Waals surface area contributed by atoms with Crippen LogP contribution in [0.1, 0.15) is 19.3 Å². The summed E-state index contributed by atoms with van der Waals surface area (Å²) in [6.45, 7) is 0.123. The maximum Gasteiger partial charge on any atom is 0.322 e. The number of para-hydroxylation sites is 1. The van der Waals surface area contributed by atoms with Crippen LogP contribution in [0, 0.1) is 5.82 Å². The molecule has 0 saturated carbocycles. The summed E-state index contributed by atoms with van der Waals surface area (Å²) in [5, 5.41) is 9.18. The van der Waals surface area contributed by atoms with E-state index >= 15 is 0 Å². The van der Waals surface area contributed by atoms with Crippen LogP contribution < -0.4 is 4.31 Å². The Bertz CT molecular complexity index is 635. The minimum Gasteiger partial charge on any atom is -0.480 e. The molecule has 1 atom stereocenters. The maximum atomic E-state index is 13.8. The lowest BCUT2D eigenvalue weighted by atomic mass is 10.1. The van der Waals surface area contributed by atoms with Crippen LogP contribution in [0.3, 0.4) is 0 Å². The molecule has 1 aliphatic rings. The van der Waals surface area contributed by atoms with E-state index in [1.165, 1.54) is 25.2 Å². The number of halogens is 1. The van der Waals surface area contributed by atoms with Gasteiger partial charge in [-0.2, -0.15) is 12.7 Å². The number of benzene rings is 1. The molecule has 1 N–H and O–H groups in total. The topological polar surface area (TPSA) is 77.9 Å². The largest absolute Gasteiger partial charge is 0.480 e. The van der Waals surface area contributed by atoms with E-state index in [2.05, 4.69) is 0 Å². The zero-order chi connectivity index (χ0) is 15.6. The number of carboxylic acid groups (broad SMARTS) is 1. The predicted molar refractivity (Wildman–Crippen MR) is 75.7 cm³/mol. The third-order valence-electron chi connectivity index (χ3n) is 3.57. The molecule has 1 aliphatic heterocycles. The molecule has 6 nitrogen and oxygen atoms in total. The molecule has 0 aromatic heterocycles. The zero-order valence-electron chi connectivity index (χ0n) is 11.6. The molecule has 0 radical (unpaired) electrons. The molecule has 1 saturated heterocycles. The van der Waals surface area contributed by atoms with Crippen LogP contribution in [0.15, 0.2) is 24.3 Å². The van der Waals surface area contributed by atoms with Crippen molar-refractivity contribution in [2.24, 2.45) is 0 Å². The molecule has 2 rings (SSSR count). The number of hydrogen-bond donors (Lipinski definition) is 1. The summed E-state index contributed by atoms with van der Waals surface area (Å²) in [6, 6.07) is 4.38. The van der Waals surface area contributed by atoms with Crippen LogP contribution in [-0.2, 0) is 15.0 Å². The van der Waals surface area contributed by atoms with Crippen molar-refractivity contribution in [3.05, 3.63) is 30.1 Å². The van der Waals surface area contributed by atoms with E-state index in [1.54, 1.807) is 0 Å². The normalized spacial score (nSPS) is 20.2. The minimum absolute atomic E-state index is 0.104. The number of anilines is 1. The lowest BCUT2D eigenvalue weighted by molar-refractivity contribution is -0.142. The second kappa shape index (κ2) is 5.98. The number of piperidine rings is 1. The first-order valence-corrected chi connectivity index (χ1v) is 7.98. The highest BCUT2D eigenvalue weighted by molar-refractivity contribution is 7.90. The Morgan fingerprint density at radius 3 is 2.67 bits per heavy atom. The molecule has 116 valence electrons. The molecular weight excluding hydrogens is 299 g/mol. The van der Waals surface area contributed by atoms with Crippen LogP contribution in [0.25, 0.3) is 0 Å². The summed E-state index contributed by atoms with van der Waals surface area (Å²) in [5.41, 5.74) is -0.104. The van der Waals surface area contributed by atoms with Crippen molar-refractivity contribution in [2.45, 2.75) is 25.3 Å². The molecular formula is C13H17FN2O4S. The molecule has 1 fully saturated rings. The van der Waals surface area contributed by atoms with Crippen molar-refractivity contribution < 1.29 is 22.7 Å². The van der Waals surface area contributed by atoms with Crippen LogP contribution in [-0.4, -0.2) is 43.4 Å². The van der Waals surface area contributed by atoms with E-state index in [4.69, 9.17) is 0 Å². The molecule has 1 aromatic rings. The Morgan fingerprint density at radius 1 is 1.38 bits per heavy atom. The van der Waals surface area contributed by atoms with Gasteiger partial charge in [0.15, 0.2) is 0 Å². The number of nitrogens with zero attached hydrogens (tertiary/aromatic N) is 2. The third kappa shape index (κ3) is 3.01. The van der Waals surface area contributed by atoms with Gasteiger partial charge >= 0.3 is 16.2 Å². The maximum absolute atomic E-state index is 13.8. The smallest absolute Gasteiger partial charge is 0.322 e. The van der Waals surface area contributed by atoms with Gasteiger partial charge in [0.2, 0.25) is 0 Å². The highest BCUT2D eigenvalue weighted by Crippen LogP contribution is 2.27. The first-order valence-electron chi connectivity index (χ1n) is 6.58. The van der Waals surface area contributed by atoms with E-state index < -0.39 is 28.0 Å². The lowest BCUT2D eigenvalue weighted by Crippen LogP contribution is -2.52. The number of carbonyl (C=O) groups is 1. The molecule has 0 aliphatic carbocycles. The van der Waals surface area contributed by atoms with Crippen molar-refractivity contribution in [1.29, 1.82) is 0 Å². The molecule has 1 heterocycles. The SMILES string of the molecule is CN(c1ccccc1F)S(=O)(=O)N1CCCCC1C(=O)O. The number of hydrogen-bond acceptors (Lipinski definition) is 3. The molecule has 0 spiro atoms. The fourth-order valence-electron chi connectivity index (χ4n) is 2.42. The second-order valence-electron chi connectivity index (χ2n) is 4.89. The molecule has 1 aromatic carbocycles. The van der Waals surface area contributed by atoms with Gasteiger partial charge in [-0.05, 0) is 31.4 Å². The van der Waals surface area contributed by atoms with Gasteiger partial charge in [-0.15, -0.1) is 0 Å². The van der Waals surface area contributed by atoms with E-state index in [-0.39, 0.29) is 18.7 Å². The molecule has 1 unspecified atom stereocenters. The van der Waals surface area contributed by atoms with Gasteiger partial charge in [0.25, 0.3) is 0 Å². The first-order chi connectivity index (χ1) is 9.85. The summed E-state index contributed by atoms with van der Waals surface area (Å²) < 4.78 is 40.6. The van der Waals surface area contributed by atoms with Crippen LogP contribution in [0.2, 0.25) is 0 Å². The van der Waals surface area contributed by atoms with Gasteiger partial charge in [-0.3, -0.25) is 9.10 Å². The standard InChI is InChI=1S/C13H17FN2O4S/c1-15(11-7-3-2-6-10(11)14)21(19,20)16-9-5-4-8-12(16)13(17)18/h2-3,6-7,12H,4-5,8-9H2,1H3,(H,17,18). The summed E-state index contributed by atoms with van der Waals surface area (Å²) in [5.74, 6) is -1.85. The highest BCUT2D eigenvalue weighted by atomic mass is 32.2. The quantitative estimate of drug-likeness (QED) is 0.912. The first kappa shape index (κ1) is 15.7. The van der Waals surface area contributed by atoms with Gasteiger partial charge < -0.3 is 5.11 Å². The fourth-order valence-corrected chi connectivity index (χ4v) is 4.00. The predicted octanol–water partition coefficient (Wildman–Crippen LogP) is 1.45. The number of carboxylic acids is 1. The van der Waals surface area contributed by atoms with E-state index in [0.29, 0.717) is 12.8 Å². The summed E-state index contributed by atoms with van der Waals surface area (Å²) in [7, 11) is -2.86. The van der Waals surface area contributed by atoms with Gasteiger partial charge in [-0.25, -0.2) is 4.39 Å². The molecule has 0 bridgehead atoms. The Kier molecular flexibility index (Phi) is 4.48. The van der Waals surface area contributed by atoms with Gasteiger partial charge in [0.05, 0.1) is 5.69 Å². The van der Waals surface area contributed by atoms with E-state index in [0.717, 1.165) is 14.7 Å². The highest BCUT2D eigenvalue weighted by Gasteiger charge is 2.39. The summed E-state index contributed by atoms with van der Waals surface area (Å²) in [6.07, 6.45) is 1.51. The van der Waals surface area contributed by atoms with Crippen molar-refractivity contribution in [3.8, 4) is 0 Å². The van der Waals surface area contributed by atoms with Crippen LogP contribution >= 0.6 is 0 Å². The Morgan fingerprint density at radius 2 is 2.05 bits per heavy atom. The minimum atomic E-state index is -4.09.